The third-order valence-electron chi connectivity index (χ3n) is 3.10. The summed E-state index contributed by atoms with van der Waals surface area (Å²) in [4.78, 5) is 10.8. The summed E-state index contributed by atoms with van der Waals surface area (Å²) in [6, 6.07) is 0. The Kier molecular flexibility index (Phi) is 6.03. The van der Waals surface area contributed by atoms with Crippen LogP contribution in [-0.4, -0.2) is 12.6 Å². The first kappa shape index (κ1) is 14.0. The Balaban J connectivity index is 2.30. The van der Waals surface area contributed by atoms with Gasteiger partial charge in [0.1, 0.15) is 0 Å². The highest BCUT2D eigenvalue weighted by Gasteiger charge is 2.16. The van der Waals surface area contributed by atoms with E-state index in [-0.39, 0.29) is 5.97 Å². The molecule has 1 aliphatic rings. The molecule has 0 aromatic carbocycles. The standard InChI is InChI=1S/C15H24O2/c1-12(2)6-4-7-14-8-5-9-15(10-14)11-17-13(3)16/h6,8,15H,4-5,7,9-11H2,1-3H3/t15-/m0/s1. The van der Waals surface area contributed by atoms with Crippen LogP contribution in [0, 0.1) is 5.92 Å². The summed E-state index contributed by atoms with van der Waals surface area (Å²) < 4.78 is 5.09. The van der Waals surface area contributed by atoms with Crippen molar-refractivity contribution in [3.05, 3.63) is 23.3 Å². The lowest BCUT2D eigenvalue weighted by Crippen LogP contribution is -2.15. The van der Waals surface area contributed by atoms with Crippen LogP contribution in [0.2, 0.25) is 0 Å². The molecule has 2 heteroatoms. The molecule has 0 unspecified atom stereocenters. The Morgan fingerprint density at radius 1 is 1.47 bits per heavy atom. The van der Waals surface area contributed by atoms with Gasteiger partial charge in [-0.3, -0.25) is 4.79 Å². The highest BCUT2D eigenvalue weighted by molar-refractivity contribution is 5.65. The molecule has 0 fully saturated rings. The highest BCUT2D eigenvalue weighted by Crippen LogP contribution is 2.27. The minimum Gasteiger partial charge on any atom is -0.466 e. The lowest BCUT2D eigenvalue weighted by molar-refractivity contribution is -0.142. The number of hydrogen-bond donors (Lipinski definition) is 0. The monoisotopic (exact) mass is 236 g/mol. The molecule has 2 nitrogen and oxygen atoms in total. The Labute approximate surface area is 105 Å². The van der Waals surface area contributed by atoms with E-state index in [4.69, 9.17) is 4.74 Å². The van der Waals surface area contributed by atoms with Crippen molar-refractivity contribution in [3.8, 4) is 0 Å². The molecule has 96 valence electrons. The fourth-order valence-electron chi connectivity index (χ4n) is 2.21. The van der Waals surface area contributed by atoms with E-state index in [0.717, 1.165) is 32.1 Å². The smallest absolute Gasteiger partial charge is 0.302 e. The van der Waals surface area contributed by atoms with Gasteiger partial charge in [0.05, 0.1) is 6.61 Å². The second kappa shape index (κ2) is 7.31. The van der Waals surface area contributed by atoms with Gasteiger partial charge in [-0.15, -0.1) is 0 Å². The zero-order valence-electron chi connectivity index (χ0n) is 11.3. The molecule has 17 heavy (non-hydrogen) atoms. The van der Waals surface area contributed by atoms with Gasteiger partial charge in [-0.05, 0) is 51.9 Å². The number of ether oxygens (including phenoxy) is 1. The SMILES string of the molecule is CC(=O)OC[C@H]1CCC=C(CCC=C(C)C)C1. The normalized spacial score (nSPS) is 19.5. The number of esters is 1. The fraction of sp³-hybridized carbons (Fsp3) is 0.667. The predicted octanol–water partition coefficient (Wildman–Crippen LogP) is 4.02. The van der Waals surface area contributed by atoms with Gasteiger partial charge in [0.15, 0.2) is 0 Å². The van der Waals surface area contributed by atoms with Gasteiger partial charge in [-0.25, -0.2) is 0 Å². The van der Waals surface area contributed by atoms with Gasteiger partial charge in [0.2, 0.25) is 0 Å². The van der Waals surface area contributed by atoms with Crippen molar-refractivity contribution in [2.24, 2.45) is 5.92 Å². The molecule has 0 bridgehead atoms. The zero-order chi connectivity index (χ0) is 12.7. The summed E-state index contributed by atoms with van der Waals surface area (Å²) in [5.74, 6) is 0.372. The second-order valence-electron chi connectivity index (χ2n) is 5.13. The molecule has 0 N–H and O–H groups in total. The molecule has 0 aromatic heterocycles. The summed E-state index contributed by atoms with van der Waals surface area (Å²) in [5.41, 5.74) is 2.92. The average molecular weight is 236 g/mol. The molecule has 1 rings (SSSR count). The summed E-state index contributed by atoms with van der Waals surface area (Å²) in [6.07, 6.45) is 10.3. The molecular formula is C15H24O2. The predicted molar refractivity (Wildman–Crippen MR) is 70.7 cm³/mol. The molecule has 0 amide bonds. The van der Waals surface area contributed by atoms with E-state index in [0.29, 0.717) is 12.5 Å². The number of allylic oxidation sites excluding steroid dienone is 4. The van der Waals surface area contributed by atoms with Crippen LogP contribution in [0.25, 0.3) is 0 Å². The number of rotatable bonds is 5. The number of carbonyl (C=O) groups is 1. The molecule has 0 saturated carbocycles. The van der Waals surface area contributed by atoms with Crippen LogP contribution in [0.15, 0.2) is 23.3 Å². The van der Waals surface area contributed by atoms with E-state index in [1.165, 1.54) is 18.1 Å². The summed E-state index contributed by atoms with van der Waals surface area (Å²) in [7, 11) is 0. The molecule has 0 saturated heterocycles. The molecule has 1 aliphatic carbocycles. The maximum atomic E-state index is 10.8. The summed E-state index contributed by atoms with van der Waals surface area (Å²) in [6.45, 7) is 6.35. The number of carbonyl (C=O) groups excluding carboxylic acids is 1. The first-order valence-corrected chi connectivity index (χ1v) is 6.52. The topological polar surface area (TPSA) is 26.3 Å². The Morgan fingerprint density at radius 3 is 2.88 bits per heavy atom. The van der Waals surface area contributed by atoms with Gasteiger partial charge in [0.25, 0.3) is 0 Å². The van der Waals surface area contributed by atoms with Crippen molar-refractivity contribution in [1.29, 1.82) is 0 Å². The van der Waals surface area contributed by atoms with E-state index in [1.54, 1.807) is 0 Å². The second-order valence-corrected chi connectivity index (χ2v) is 5.13. The lowest BCUT2D eigenvalue weighted by Gasteiger charge is -2.22. The van der Waals surface area contributed by atoms with Crippen LogP contribution in [0.5, 0.6) is 0 Å². The molecule has 0 aliphatic heterocycles. The van der Waals surface area contributed by atoms with Crippen molar-refractivity contribution in [1.82, 2.24) is 0 Å². The maximum Gasteiger partial charge on any atom is 0.302 e. The van der Waals surface area contributed by atoms with Crippen LogP contribution < -0.4 is 0 Å². The quantitative estimate of drug-likeness (QED) is 0.532. The lowest BCUT2D eigenvalue weighted by atomic mass is 9.87. The van der Waals surface area contributed by atoms with Crippen molar-refractivity contribution in [2.75, 3.05) is 6.61 Å². The van der Waals surface area contributed by atoms with Crippen LogP contribution >= 0.6 is 0 Å². The average Bonchev–Trinajstić information content (AvgIpc) is 2.26. The van der Waals surface area contributed by atoms with Crippen LogP contribution in [-0.2, 0) is 9.53 Å². The molecule has 1 atom stereocenters. The van der Waals surface area contributed by atoms with Crippen molar-refractivity contribution < 1.29 is 9.53 Å². The largest absolute Gasteiger partial charge is 0.466 e. The van der Waals surface area contributed by atoms with Crippen molar-refractivity contribution >= 4 is 5.97 Å². The first-order chi connectivity index (χ1) is 8.08. The maximum absolute atomic E-state index is 10.8. The number of hydrogen-bond acceptors (Lipinski definition) is 2. The van der Waals surface area contributed by atoms with Gasteiger partial charge in [-0.1, -0.05) is 23.3 Å². The molecule has 0 aromatic rings. The van der Waals surface area contributed by atoms with Crippen molar-refractivity contribution in [3.63, 3.8) is 0 Å². The summed E-state index contributed by atoms with van der Waals surface area (Å²) in [5, 5.41) is 0. The summed E-state index contributed by atoms with van der Waals surface area (Å²) >= 11 is 0. The molecular weight excluding hydrogens is 212 g/mol. The van der Waals surface area contributed by atoms with E-state index in [1.807, 2.05) is 0 Å². The molecule has 0 radical (unpaired) electrons. The van der Waals surface area contributed by atoms with Gasteiger partial charge in [0, 0.05) is 6.92 Å². The van der Waals surface area contributed by atoms with Gasteiger partial charge < -0.3 is 4.74 Å². The highest BCUT2D eigenvalue weighted by atomic mass is 16.5. The van der Waals surface area contributed by atoms with E-state index in [2.05, 4.69) is 26.0 Å². The Hall–Kier alpha value is -1.05. The van der Waals surface area contributed by atoms with Gasteiger partial charge >= 0.3 is 5.97 Å². The third-order valence-corrected chi connectivity index (χ3v) is 3.10. The Morgan fingerprint density at radius 2 is 2.24 bits per heavy atom. The molecule has 0 heterocycles. The van der Waals surface area contributed by atoms with Crippen LogP contribution in [0.1, 0.15) is 52.9 Å². The van der Waals surface area contributed by atoms with E-state index < -0.39 is 0 Å². The first-order valence-electron chi connectivity index (χ1n) is 6.52. The van der Waals surface area contributed by atoms with E-state index >= 15 is 0 Å². The van der Waals surface area contributed by atoms with Crippen LogP contribution in [0.3, 0.4) is 0 Å². The zero-order valence-corrected chi connectivity index (χ0v) is 11.3. The molecule has 0 spiro atoms. The third kappa shape index (κ3) is 6.30. The van der Waals surface area contributed by atoms with E-state index in [9.17, 15) is 4.79 Å². The minimum atomic E-state index is -0.161. The fourth-order valence-corrected chi connectivity index (χ4v) is 2.21. The minimum absolute atomic E-state index is 0.161. The Bertz CT molecular complexity index is 309. The van der Waals surface area contributed by atoms with Crippen LogP contribution in [0.4, 0.5) is 0 Å². The van der Waals surface area contributed by atoms with Crippen molar-refractivity contribution in [2.45, 2.75) is 52.9 Å². The van der Waals surface area contributed by atoms with Gasteiger partial charge in [-0.2, -0.15) is 0 Å².